The Morgan fingerprint density at radius 1 is 1.04 bits per heavy atom. The van der Waals surface area contributed by atoms with Crippen molar-refractivity contribution in [2.24, 2.45) is 4.99 Å². The van der Waals surface area contributed by atoms with Crippen molar-refractivity contribution >= 4 is 11.9 Å². The van der Waals surface area contributed by atoms with Crippen LogP contribution in [0.5, 0.6) is 0 Å². The van der Waals surface area contributed by atoms with Crippen LogP contribution >= 0.6 is 0 Å². The molecule has 0 saturated carbocycles. The topological polar surface area (TPSA) is 65.5 Å². The minimum Gasteiger partial charge on any atom is -0.356 e. The maximum absolute atomic E-state index is 11.6. The van der Waals surface area contributed by atoms with Gasteiger partial charge in [0.05, 0.1) is 0 Å². The Hall–Kier alpha value is -2.82. The van der Waals surface area contributed by atoms with E-state index in [0.29, 0.717) is 18.0 Å². The first kappa shape index (κ1) is 19.5. The first-order chi connectivity index (χ1) is 12.5. The van der Waals surface area contributed by atoms with E-state index in [1.165, 1.54) is 11.1 Å². The summed E-state index contributed by atoms with van der Waals surface area (Å²) in [5.41, 5.74) is 4.33. The summed E-state index contributed by atoms with van der Waals surface area (Å²) in [5.74, 6) is 1.08. The zero-order valence-electron chi connectivity index (χ0n) is 16.0. The highest BCUT2D eigenvalue weighted by molar-refractivity contribution is 5.93. The zero-order chi connectivity index (χ0) is 18.9. The number of nitrogens with zero attached hydrogens (tertiary/aromatic N) is 1. The molecular weight excluding hydrogens is 324 g/mol. The molecule has 3 N–H and O–H groups in total. The van der Waals surface area contributed by atoms with Gasteiger partial charge in [-0.05, 0) is 36.1 Å². The molecule has 5 heteroatoms. The van der Waals surface area contributed by atoms with Crippen molar-refractivity contribution < 1.29 is 4.79 Å². The fraction of sp³-hybridized carbons (Fsp3) is 0.333. The van der Waals surface area contributed by atoms with Crippen molar-refractivity contribution in [3.8, 4) is 0 Å². The van der Waals surface area contributed by atoms with Gasteiger partial charge in [-0.15, -0.1) is 0 Å². The van der Waals surface area contributed by atoms with Crippen LogP contribution < -0.4 is 16.0 Å². The van der Waals surface area contributed by atoms with Crippen molar-refractivity contribution in [1.82, 2.24) is 16.0 Å². The molecule has 1 amide bonds. The Morgan fingerprint density at radius 3 is 2.27 bits per heavy atom. The summed E-state index contributed by atoms with van der Waals surface area (Å²) < 4.78 is 0. The van der Waals surface area contributed by atoms with E-state index in [1.54, 1.807) is 14.1 Å². The molecule has 26 heavy (non-hydrogen) atoms. The molecule has 0 spiro atoms. The van der Waals surface area contributed by atoms with Gasteiger partial charge in [0.15, 0.2) is 5.96 Å². The molecule has 2 aromatic carbocycles. The molecule has 0 bridgehead atoms. The third-order valence-corrected chi connectivity index (χ3v) is 4.35. The third-order valence-electron chi connectivity index (χ3n) is 4.35. The van der Waals surface area contributed by atoms with Crippen LogP contribution in [0.3, 0.4) is 0 Å². The molecule has 0 saturated heterocycles. The predicted octanol–water partition coefficient (Wildman–Crippen LogP) is 2.82. The van der Waals surface area contributed by atoms with Crippen LogP contribution in [0.4, 0.5) is 0 Å². The largest absolute Gasteiger partial charge is 0.356 e. The molecule has 0 heterocycles. The number of carbonyl (C=O) groups excluding carboxylic acids is 1. The maximum atomic E-state index is 11.6. The number of guanidine groups is 1. The van der Waals surface area contributed by atoms with E-state index in [-0.39, 0.29) is 5.91 Å². The van der Waals surface area contributed by atoms with Gasteiger partial charge in [0.2, 0.25) is 0 Å². The number of carbonyl (C=O) groups is 1. The number of amides is 1. The Morgan fingerprint density at radius 2 is 1.69 bits per heavy atom. The summed E-state index contributed by atoms with van der Waals surface area (Å²) in [6, 6.07) is 16.2. The van der Waals surface area contributed by atoms with Crippen molar-refractivity contribution in [3.63, 3.8) is 0 Å². The van der Waals surface area contributed by atoms with Gasteiger partial charge in [-0.2, -0.15) is 0 Å². The normalized spacial score (nSPS) is 12.4. The number of benzene rings is 2. The highest BCUT2D eigenvalue weighted by atomic mass is 16.1. The molecule has 5 nitrogen and oxygen atoms in total. The first-order valence-electron chi connectivity index (χ1n) is 8.85. The number of aryl methyl sites for hydroxylation is 1. The average molecular weight is 352 g/mol. The minimum absolute atomic E-state index is 0.0768. The lowest BCUT2D eigenvalue weighted by Crippen LogP contribution is -2.38. The van der Waals surface area contributed by atoms with E-state index in [1.807, 2.05) is 24.3 Å². The maximum Gasteiger partial charge on any atom is 0.251 e. The van der Waals surface area contributed by atoms with E-state index < -0.39 is 0 Å². The second kappa shape index (κ2) is 9.61. The van der Waals surface area contributed by atoms with Crippen LogP contribution in [-0.4, -0.2) is 32.5 Å². The quantitative estimate of drug-likeness (QED) is 0.553. The second-order valence-electron chi connectivity index (χ2n) is 6.39. The average Bonchev–Trinajstić information content (AvgIpc) is 2.68. The van der Waals surface area contributed by atoms with Crippen molar-refractivity contribution in [1.29, 1.82) is 0 Å². The number of aliphatic imine (C=N–C) groups is 1. The van der Waals surface area contributed by atoms with E-state index in [9.17, 15) is 4.79 Å². The number of hydrogen-bond donors (Lipinski definition) is 3. The second-order valence-corrected chi connectivity index (χ2v) is 6.39. The van der Waals surface area contributed by atoms with Crippen molar-refractivity contribution in [2.75, 3.05) is 20.6 Å². The van der Waals surface area contributed by atoms with Gasteiger partial charge in [0, 0.05) is 32.7 Å². The summed E-state index contributed by atoms with van der Waals surface area (Å²) in [4.78, 5) is 15.8. The molecular formula is C21H28N4O. The van der Waals surface area contributed by atoms with Crippen LogP contribution in [0.2, 0.25) is 0 Å². The van der Waals surface area contributed by atoms with Gasteiger partial charge in [-0.3, -0.25) is 9.79 Å². The molecule has 1 unspecified atom stereocenters. The summed E-state index contributed by atoms with van der Waals surface area (Å²) in [6.45, 7) is 5.74. The van der Waals surface area contributed by atoms with Gasteiger partial charge in [-0.1, -0.05) is 48.9 Å². The van der Waals surface area contributed by atoms with Crippen LogP contribution in [0.15, 0.2) is 53.5 Å². The van der Waals surface area contributed by atoms with Crippen LogP contribution in [0, 0.1) is 6.92 Å². The molecule has 0 radical (unpaired) electrons. The van der Waals surface area contributed by atoms with Gasteiger partial charge in [0.25, 0.3) is 5.91 Å². The van der Waals surface area contributed by atoms with E-state index in [2.05, 4.69) is 59.1 Å². The molecule has 0 fully saturated rings. The van der Waals surface area contributed by atoms with Crippen LogP contribution in [0.1, 0.15) is 39.9 Å². The Bertz CT molecular complexity index is 736. The minimum atomic E-state index is -0.0768. The van der Waals surface area contributed by atoms with E-state index >= 15 is 0 Å². The van der Waals surface area contributed by atoms with Gasteiger partial charge >= 0.3 is 0 Å². The van der Waals surface area contributed by atoms with Gasteiger partial charge in [-0.25, -0.2) is 0 Å². The first-order valence-corrected chi connectivity index (χ1v) is 8.85. The fourth-order valence-electron chi connectivity index (χ4n) is 2.59. The monoisotopic (exact) mass is 352 g/mol. The summed E-state index contributed by atoms with van der Waals surface area (Å²) in [6.07, 6.45) is 0. The van der Waals surface area contributed by atoms with E-state index in [4.69, 9.17) is 0 Å². The fourth-order valence-corrected chi connectivity index (χ4v) is 2.59. The van der Waals surface area contributed by atoms with E-state index in [0.717, 1.165) is 18.1 Å². The van der Waals surface area contributed by atoms with Gasteiger partial charge in [0.1, 0.15) is 0 Å². The van der Waals surface area contributed by atoms with Crippen molar-refractivity contribution in [3.05, 3.63) is 70.8 Å². The molecule has 2 aromatic rings. The molecule has 0 aliphatic rings. The molecule has 0 aliphatic heterocycles. The van der Waals surface area contributed by atoms with Crippen LogP contribution in [-0.2, 0) is 6.54 Å². The molecule has 0 aromatic heterocycles. The third kappa shape index (κ3) is 5.62. The summed E-state index contributed by atoms with van der Waals surface area (Å²) in [5, 5.41) is 9.29. The zero-order valence-corrected chi connectivity index (χ0v) is 16.0. The number of hydrogen-bond acceptors (Lipinski definition) is 2. The molecule has 138 valence electrons. The number of nitrogens with one attached hydrogen (secondary N) is 3. The Labute approximate surface area is 155 Å². The highest BCUT2D eigenvalue weighted by Gasteiger charge is 2.07. The van der Waals surface area contributed by atoms with Crippen LogP contribution in [0.25, 0.3) is 0 Å². The summed E-state index contributed by atoms with van der Waals surface area (Å²) in [7, 11) is 3.39. The summed E-state index contributed by atoms with van der Waals surface area (Å²) >= 11 is 0. The highest BCUT2D eigenvalue weighted by Crippen LogP contribution is 2.14. The lowest BCUT2D eigenvalue weighted by Gasteiger charge is -2.16. The molecule has 2 rings (SSSR count). The Balaban J connectivity index is 1.84. The smallest absolute Gasteiger partial charge is 0.251 e. The lowest BCUT2D eigenvalue weighted by molar-refractivity contribution is 0.0963. The van der Waals surface area contributed by atoms with Crippen molar-refractivity contribution in [2.45, 2.75) is 26.3 Å². The van der Waals surface area contributed by atoms with Gasteiger partial charge < -0.3 is 16.0 Å². The standard InChI is InChI=1S/C21H28N4O/c1-15-5-9-18(10-6-15)16(2)13-24-21(23-4)25-14-17-7-11-19(12-8-17)20(26)22-3/h5-12,16H,13-14H2,1-4H3,(H,22,26)(H2,23,24,25). The predicted molar refractivity (Wildman–Crippen MR) is 108 cm³/mol. The molecule has 0 aliphatic carbocycles. The molecule has 1 atom stereocenters. The Kier molecular flexibility index (Phi) is 7.21. The number of rotatable bonds is 6. The lowest BCUT2D eigenvalue weighted by atomic mass is 10.0. The SMILES string of the molecule is CN=C(NCc1ccc(C(=O)NC)cc1)NCC(C)c1ccc(C)cc1.